The number of carbonyl (C=O) groups excluding carboxylic acids is 3. The summed E-state index contributed by atoms with van der Waals surface area (Å²) in [5, 5.41) is 14.1. The van der Waals surface area contributed by atoms with Gasteiger partial charge in [0.25, 0.3) is 5.91 Å². The van der Waals surface area contributed by atoms with Crippen molar-refractivity contribution < 1.29 is 19.1 Å². The summed E-state index contributed by atoms with van der Waals surface area (Å²) in [6, 6.07) is 0. The van der Waals surface area contributed by atoms with Gasteiger partial charge < -0.3 is 20.4 Å². The summed E-state index contributed by atoms with van der Waals surface area (Å²) in [5.41, 5.74) is 8.14. The molecule has 3 aromatic rings. The highest BCUT2D eigenvalue weighted by Gasteiger charge is 2.26. The number of primary amides is 1. The van der Waals surface area contributed by atoms with Crippen LogP contribution in [0.3, 0.4) is 0 Å². The Morgan fingerprint density at radius 3 is 2.48 bits per heavy atom. The average molecular weight is 508 g/mol. The minimum Gasteiger partial charge on any atom is -0.459 e. The van der Waals surface area contributed by atoms with E-state index in [0.717, 1.165) is 28.3 Å². The number of aryl methyl sites for hydroxylation is 1. The van der Waals surface area contributed by atoms with Crippen LogP contribution in [0.2, 0.25) is 0 Å². The fourth-order valence-corrected chi connectivity index (χ4v) is 5.70. The Morgan fingerprint density at radius 1 is 1.21 bits per heavy atom. The van der Waals surface area contributed by atoms with Crippen molar-refractivity contribution in [3.05, 3.63) is 31.8 Å². The fraction of sp³-hybridized carbons (Fsp3) is 0.381. The second-order valence-electron chi connectivity index (χ2n) is 7.61. The zero-order valence-corrected chi connectivity index (χ0v) is 21.6. The van der Waals surface area contributed by atoms with E-state index in [1.54, 1.807) is 32.1 Å². The van der Waals surface area contributed by atoms with Crippen molar-refractivity contribution >= 4 is 57.2 Å². The van der Waals surface area contributed by atoms with E-state index in [2.05, 4.69) is 22.4 Å². The Kier molecular flexibility index (Phi) is 7.60. The molecule has 2 amide bonds. The number of ether oxygens (including phenoxy) is 1. The summed E-state index contributed by atoms with van der Waals surface area (Å²) < 4.78 is 7.12. The zero-order valence-electron chi connectivity index (χ0n) is 19.1. The van der Waals surface area contributed by atoms with Crippen LogP contribution in [0.25, 0.3) is 11.4 Å². The molecular weight excluding hydrogens is 482 g/mol. The van der Waals surface area contributed by atoms with Crippen LogP contribution in [0.4, 0.5) is 5.00 Å². The van der Waals surface area contributed by atoms with E-state index >= 15 is 0 Å². The zero-order chi connectivity index (χ0) is 24.4. The SMILES string of the molecule is Cc1scc(-c2nnc(SCC(=O)Nc3sc(C(N)=O)c(C)c3C(=O)OC(C)C)n2C)c1C. The van der Waals surface area contributed by atoms with Crippen LogP contribution < -0.4 is 11.1 Å². The number of nitrogens with two attached hydrogens (primary N) is 1. The normalized spacial score (nSPS) is 11.1. The molecule has 0 atom stereocenters. The van der Waals surface area contributed by atoms with E-state index in [4.69, 9.17) is 10.5 Å². The van der Waals surface area contributed by atoms with E-state index < -0.39 is 11.9 Å². The van der Waals surface area contributed by atoms with Gasteiger partial charge in [-0.15, -0.1) is 32.9 Å². The van der Waals surface area contributed by atoms with Gasteiger partial charge in [0.2, 0.25) is 5.91 Å². The lowest BCUT2D eigenvalue weighted by molar-refractivity contribution is -0.113. The number of amides is 2. The van der Waals surface area contributed by atoms with Crippen molar-refractivity contribution in [1.29, 1.82) is 0 Å². The third-order valence-corrected chi connectivity index (χ3v) is 8.12. The maximum atomic E-state index is 12.7. The second kappa shape index (κ2) is 10.1. The number of thiophene rings is 2. The lowest BCUT2D eigenvalue weighted by Crippen LogP contribution is -2.18. The molecule has 3 aromatic heterocycles. The molecule has 0 aliphatic carbocycles. The van der Waals surface area contributed by atoms with Crippen molar-refractivity contribution in [2.75, 3.05) is 11.1 Å². The number of nitrogens with zero attached hydrogens (tertiary/aromatic N) is 3. The van der Waals surface area contributed by atoms with E-state index in [-0.39, 0.29) is 33.2 Å². The number of hydrogen-bond donors (Lipinski definition) is 2. The Hall–Kier alpha value is -2.70. The summed E-state index contributed by atoms with van der Waals surface area (Å²) in [4.78, 5) is 38.4. The molecule has 12 heteroatoms. The van der Waals surface area contributed by atoms with Gasteiger partial charge in [0.15, 0.2) is 11.0 Å². The molecule has 9 nitrogen and oxygen atoms in total. The van der Waals surface area contributed by atoms with Crippen molar-refractivity contribution in [2.24, 2.45) is 12.8 Å². The van der Waals surface area contributed by atoms with Gasteiger partial charge in [-0.2, -0.15) is 0 Å². The van der Waals surface area contributed by atoms with Crippen LogP contribution in [0, 0.1) is 20.8 Å². The standard InChI is InChI=1S/C21H25N5O4S3/c1-9(2)30-20(29)15-11(4)16(17(22)28)33-19(15)23-14(27)8-32-21-25-24-18(26(21)6)13-7-31-12(5)10(13)3/h7,9H,8H2,1-6H3,(H2,22,28)(H,23,27). The number of carbonyl (C=O) groups is 3. The van der Waals surface area contributed by atoms with E-state index in [1.807, 2.05) is 23.9 Å². The molecule has 0 saturated carbocycles. The smallest absolute Gasteiger partial charge is 0.341 e. The van der Waals surface area contributed by atoms with Gasteiger partial charge in [0, 0.05) is 22.9 Å². The van der Waals surface area contributed by atoms with Crippen molar-refractivity contribution in [1.82, 2.24) is 14.8 Å². The number of aromatic nitrogens is 3. The predicted molar refractivity (Wildman–Crippen MR) is 131 cm³/mol. The van der Waals surface area contributed by atoms with Gasteiger partial charge in [-0.1, -0.05) is 11.8 Å². The first-order valence-electron chi connectivity index (χ1n) is 10.0. The van der Waals surface area contributed by atoms with Crippen LogP contribution in [0.5, 0.6) is 0 Å². The lowest BCUT2D eigenvalue weighted by Gasteiger charge is -2.10. The first kappa shape index (κ1) is 24.9. The summed E-state index contributed by atoms with van der Waals surface area (Å²) in [6.45, 7) is 9.14. The maximum Gasteiger partial charge on any atom is 0.341 e. The molecule has 33 heavy (non-hydrogen) atoms. The number of rotatable bonds is 8. The van der Waals surface area contributed by atoms with Crippen LogP contribution in [-0.2, 0) is 16.6 Å². The molecule has 3 heterocycles. The molecule has 3 rings (SSSR count). The van der Waals surface area contributed by atoms with Gasteiger partial charge in [0.05, 0.1) is 22.3 Å². The average Bonchev–Trinajstić information content (AvgIpc) is 3.36. The Morgan fingerprint density at radius 2 is 1.91 bits per heavy atom. The van der Waals surface area contributed by atoms with Gasteiger partial charge in [-0.05, 0) is 45.7 Å². The van der Waals surface area contributed by atoms with Crippen LogP contribution >= 0.6 is 34.4 Å². The summed E-state index contributed by atoms with van der Waals surface area (Å²) in [5.74, 6) is -0.874. The lowest BCUT2D eigenvalue weighted by atomic mass is 10.1. The summed E-state index contributed by atoms with van der Waals surface area (Å²) in [6.07, 6.45) is -0.353. The van der Waals surface area contributed by atoms with Crippen LogP contribution in [-0.4, -0.2) is 44.4 Å². The highest BCUT2D eigenvalue weighted by atomic mass is 32.2. The molecule has 0 bridgehead atoms. The Labute approximate surface area is 203 Å². The fourth-order valence-electron chi connectivity index (χ4n) is 3.06. The largest absolute Gasteiger partial charge is 0.459 e. The Bertz CT molecular complexity index is 1230. The number of anilines is 1. The summed E-state index contributed by atoms with van der Waals surface area (Å²) in [7, 11) is 1.85. The third kappa shape index (κ3) is 5.28. The van der Waals surface area contributed by atoms with E-state index in [1.165, 1.54) is 16.6 Å². The van der Waals surface area contributed by atoms with Crippen molar-refractivity contribution in [3.8, 4) is 11.4 Å². The third-order valence-electron chi connectivity index (χ3n) is 4.86. The maximum absolute atomic E-state index is 12.7. The molecule has 0 spiro atoms. The molecule has 0 fully saturated rings. The Balaban J connectivity index is 1.75. The van der Waals surface area contributed by atoms with Crippen LogP contribution in [0.15, 0.2) is 10.5 Å². The molecule has 0 unspecified atom stereocenters. The van der Waals surface area contributed by atoms with Gasteiger partial charge in [-0.3, -0.25) is 9.59 Å². The van der Waals surface area contributed by atoms with Crippen molar-refractivity contribution in [3.63, 3.8) is 0 Å². The molecule has 0 aliphatic heterocycles. The highest BCUT2D eigenvalue weighted by molar-refractivity contribution is 7.99. The van der Waals surface area contributed by atoms with E-state index in [0.29, 0.717) is 10.7 Å². The minimum atomic E-state index is -0.670. The topological polar surface area (TPSA) is 129 Å². The number of hydrogen-bond acceptors (Lipinski definition) is 9. The molecule has 3 N–H and O–H groups in total. The number of nitrogens with one attached hydrogen (secondary N) is 1. The quantitative estimate of drug-likeness (QED) is 0.349. The number of esters is 1. The summed E-state index contributed by atoms with van der Waals surface area (Å²) >= 11 is 3.84. The first-order chi connectivity index (χ1) is 15.5. The molecule has 0 radical (unpaired) electrons. The van der Waals surface area contributed by atoms with Gasteiger partial charge in [0.1, 0.15) is 5.00 Å². The van der Waals surface area contributed by atoms with Gasteiger partial charge in [-0.25, -0.2) is 4.79 Å². The monoisotopic (exact) mass is 507 g/mol. The molecule has 0 saturated heterocycles. The van der Waals surface area contributed by atoms with Crippen molar-refractivity contribution in [2.45, 2.75) is 45.9 Å². The predicted octanol–water partition coefficient (Wildman–Crippen LogP) is 3.93. The van der Waals surface area contributed by atoms with Crippen LogP contribution in [0.1, 0.15) is 49.9 Å². The van der Waals surface area contributed by atoms with Gasteiger partial charge >= 0.3 is 5.97 Å². The second-order valence-corrected chi connectivity index (χ2v) is 10.7. The van der Waals surface area contributed by atoms with E-state index in [9.17, 15) is 14.4 Å². The first-order valence-corrected chi connectivity index (χ1v) is 12.7. The molecule has 0 aromatic carbocycles. The number of thioether (sulfide) groups is 1. The molecule has 0 aliphatic rings. The molecular formula is C21H25N5O4S3. The highest BCUT2D eigenvalue weighted by Crippen LogP contribution is 2.34. The minimum absolute atomic E-state index is 0.0368. The molecule has 176 valence electrons.